The fourth-order valence-corrected chi connectivity index (χ4v) is 3.22. The van der Waals surface area contributed by atoms with Crippen molar-refractivity contribution in [3.8, 4) is 0 Å². The highest BCUT2D eigenvalue weighted by Crippen LogP contribution is 2.27. The second-order valence-corrected chi connectivity index (χ2v) is 5.69. The highest BCUT2D eigenvalue weighted by Gasteiger charge is 2.13. The molecule has 0 atom stereocenters. The fourth-order valence-electron chi connectivity index (χ4n) is 3.22. The van der Waals surface area contributed by atoms with Crippen molar-refractivity contribution in [2.24, 2.45) is 0 Å². The smallest absolute Gasteiger partial charge is 0.235 e. The number of hydrogen-bond donors (Lipinski definition) is 1. The third-order valence-corrected chi connectivity index (χ3v) is 4.25. The van der Waals surface area contributed by atoms with E-state index >= 15 is 0 Å². The zero-order chi connectivity index (χ0) is 17.4. The molecule has 25 heavy (non-hydrogen) atoms. The molecule has 0 amide bonds. The molecule has 5 rings (SSSR count). The minimum Gasteiger partial charge on any atom is -0.356 e. The third kappa shape index (κ3) is 2.59. The number of nitrogens with one attached hydrogen (secondary N) is 1. The van der Waals surface area contributed by atoms with E-state index in [0.717, 1.165) is 0 Å². The van der Waals surface area contributed by atoms with Crippen LogP contribution in [-0.2, 0) is 0 Å². The summed E-state index contributed by atoms with van der Waals surface area (Å²) in [6.07, 6.45) is 4.33. The first-order valence-corrected chi connectivity index (χ1v) is 7.68. The number of pyridine rings is 2. The molecular formula is C19H13N3O3. The topological polar surface area (TPSA) is 86.1 Å². The Morgan fingerprint density at radius 2 is 1.56 bits per heavy atom. The van der Waals surface area contributed by atoms with Crippen molar-refractivity contribution < 1.29 is 9.49 Å². The summed E-state index contributed by atoms with van der Waals surface area (Å²) in [7, 11) is 0. The molecule has 0 spiro atoms. The molecular weight excluding hydrogens is 318 g/mol. The van der Waals surface area contributed by atoms with Crippen LogP contribution in [0.4, 0.5) is 0 Å². The first-order valence-electron chi connectivity index (χ1n) is 7.68. The van der Waals surface area contributed by atoms with Gasteiger partial charge in [0, 0.05) is 33.8 Å². The van der Waals surface area contributed by atoms with Gasteiger partial charge in [-0.25, -0.2) is 0 Å². The molecule has 3 heterocycles. The maximum absolute atomic E-state index is 8.25. The van der Waals surface area contributed by atoms with Gasteiger partial charge in [-0.05, 0) is 17.5 Å². The van der Waals surface area contributed by atoms with Crippen molar-refractivity contribution in [2.45, 2.75) is 0 Å². The van der Waals surface area contributed by atoms with E-state index in [9.17, 15) is 0 Å². The normalized spacial score (nSPS) is 10.9. The molecule has 0 saturated carbocycles. The van der Waals surface area contributed by atoms with Gasteiger partial charge in [0.2, 0.25) is 5.52 Å². The van der Waals surface area contributed by atoms with E-state index < -0.39 is 5.09 Å². The molecule has 0 bridgehead atoms. The number of benzene rings is 2. The van der Waals surface area contributed by atoms with E-state index in [1.165, 1.54) is 38.1 Å². The minimum absolute atomic E-state index is 1.19. The molecule has 6 heteroatoms. The highest BCUT2D eigenvalue weighted by molar-refractivity contribution is 6.11. The minimum atomic E-state index is -1.75. The quantitative estimate of drug-likeness (QED) is 0.201. The zero-order valence-corrected chi connectivity index (χ0v) is 13.0. The van der Waals surface area contributed by atoms with E-state index in [1.54, 1.807) is 0 Å². The average Bonchev–Trinajstić information content (AvgIpc) is 2.99. The third-order valence-electron chi connectivity index (χ3n) is 4.25. The van der Waals surface area contributed by atoms with Crippen molar-refractivity contribution in [3.63, 3.8) is 0 Å². The predicted octanol–water partition coefficient (Wildman–Crippen LogP) is 3.97. The summed E-state index contributed by atoms with van der Waals surface area (Å²) < 4.78 is 2.19. The summed E-state index contributed by atoms with van der Waals surface area (Å²) in [5.74, 6) is 0. The van der Waals surface area contributed by atoms with Crippen LogP contribution in [0.1, 0.15) is 0 Å². The van der Waals surface area contributed by atoms with Crippen LogP contribution >= 0.6 is 0 Å². The van der Waals surface area contributed by atoms with Gasteiger partial charge in [0.25, 0.3) is 0 Å². The molecule has 0 aliphatic rings. The molecule has 0 saturated heterocycles. The van der Waals surface area contributed by atoms with Crippen molar-refractivity contribution in [1.82, 2.24) is 4.98 Å². The lowest BCUT2D eigenvalue weighted by atomic mass is 10.1. The first-order chi connectivity index (χ1) is 12.1. The summed E-state index contributed by atoms with van der Waals surface area (Å²) >= 11 is 0. The van der Waals surface area contributed by atoms with E-state index in [2.05, 4.69) is 82.4 Å². The van der Waals surface area contributed by atoms with Crippen LogP contribution in [0.2, 0.25) is 0 Å². The lowest BCUT2D eigenvalue weighted by Gasteiger charge is -1.97. The molecule has 0 fully saturated rings. The Labute approximate surface area is 141 Å². The zero-order valence-electron chi connectivity index (χ0n) is 13.0. The van der Waals surface area contributed by atoms with E-state index in [1.807, 2.05) is 0 Å². The SMILES string of the molecule is O=[N+]([O-])[O-].c1ccc2c[n+]3ccc4c5ccccc5[nH]c4c3cc2c1. The van der Waals surface area contributed by atoms with E-state index in [-0.39, 0.29) is 0 Å². The number of rotatable bonds is 0. The Balaban J connectivity index is 0.000000358. The number of fused-ring (bicyclic) bond motifs is 6. The van der Waals surface area contributed by atoms with Crippen LogP contribution < -0.4 is 4.40 Å². The monoisotopic (exact) mass is 331 g/mol. The van der Waals surface area contributed by atoms with Gasteiger partial charge in [0.05, 0.1) is 5.09 Å². The van der Waals surface area contributed by atoms with Gasteiger partial charge >= 0.3 is 0 Å². The largest absolute Gasteiger partial charge is 0.356 e. The van der Waals surface area contributed by atoms with Crippen molar-refractivity contribution in [2.75, 3.05) is 0 Å². The summed E-state index contributed by atoms with van der Waals surface area (Å²) in [4.78, 5) is 11.8. The average molecular weight is 331 g/mol. The standard InChI is InChI=1S/C19H12N2.NO3/c1-2-6-14-12-21-10-9-16-15-7-3-4-8-17(15)20-19(16)18(21)11-13(14)5-1;2-1(3)4/h1-12H;/q;-1/p+1. The molecule has 1 N–H and O–H groups in total. The lowest BCUT2D eigenvalue weighted by Crippen LogP contribution is -2.20. The highest BCUT2D eigenvalue weighted by atomic mass is 16.9. The van der Waals surface area contributed by atoms with Crippen molar-refractivity contribution >= 4 is 38.1 Å². The van der Waals surface area contributed by atoms with Gasteiger partial charge in [0.15, 0.2) is 12.4 Å². The van der Waals surface area contributed by atoms with Gasteiger partial charge in [-0.3, -0.25) is 0 Å². The second kappa shape index (κ2) is 5.76. The summed E-state index contributed by atoms with van der Waals surface area (Å²) in [5, 5.41) is 19.8. The Bertz CT molecular complexity index is 1240. The number of aromatic amines is 1. The number of para-hydroxylation sites is 1. The number of hydrogen-bond acceptors (Lipinski definition) is 3. The first kappa shape index (κ1) is 14.9. The Morgan fingerprint density at radius 3 is 2.36 bits per heavy atom. The van der Waals surface area contributed by atoms with Crippen LogP contribution in [-0.4, -0.2) is 10.1 Å². The Morgan fingerprint density at radius 1 is 0.880 bits per heavy atom. The van der Waals surface area contributed by atoms with Crippen LogP contribution in [0.15, 0.2) is 73.1 Å². The maximum atomic E-state index is 8.25. The lowest BCUT2D eigenvalue weighted by molar-refractivity contribution is -0.509. The number of nitrogens with zero attached hydrogens (tertiary/aromatic N) is 2. The van der Waals surface area contributed by atoms with Gasteiger partial charge in [-0.2, -0.15) is 4.40 Å². The molecule has 0 aliphatic carbocycles. The molecule has 3 aromatic heterocycles. The van der Waals surface area contributed by atoms with E-state index in [4.69, 9.17) is 15.3 Å². The Kier molecular flexibility index (Phi) is 3.43. The number of H-pyrrole nitrogens is 1. The van der Waals surface area contributed by atoms with Gasteiger partial charge in [-0.15, -0.1) is 0 Å². The molecule has 6 nitrogen and oxygen atoms in total. The van der Waals surface area contributed by atoms with E-state index in [0.29, 0.717) is 0 Å². The Hall–Kier alpha value is -3.67. The molecule has 0 aliphatic heterocycles. The summed E-state index contributed by atoms with van der Waals surface area (Å²) in [6.45, 7) is 0. The van der Waals surface area contributed by atoms with Gasteiger partial charge < -0.3 is 20.3 Å². The van der Waals surface area contributed by atoms with Crippen LogP contribution in [0, 0.1) is 15.3 Å². The van der Waals surface area contributed by atoms with Gasteiger partial charge in [-0.1, -0.05) is 36.4 Å². The molecule has 5 aromatic rings. The molecule has 0 radical (unpaired) electrons. The predicted molar refractivity (Wildman–Crippen MR) is 96.8 cm³/mol. The second-order valence-electron chi connectivity index (χ2n) is 5.69. The maximum Gasteiger partial charge on any atom is 0.235 e. The molecule has 122 valence electrons. The van der Waals surface area contributed by atoms with Crippen molar-refractivity contribution in [3.05, 3.63) is 88.4 Å². The van der Waals surface area contributed by atoms with Crippen LogP contribution in [0.3, 0.4) is 0 Å². The fraction of sp³-hybridized carbons (Fsp3) is 0. The van der Waals surface area contributed by atoms with Gasteiger partial charge in [0.1, 0.15) is 5.52 Å². The van der Waals surface area contributed by atoms with Crippen LogP contribution in [0.5, 0.6) is 0 Å². The molecule has 2 aromatic carbocycles. The summed E-state index contributed by atoms with van der Waals surface area (Å²) in [6, 6.07) is 21.4. The van der Waals surface area contributed by atoms with Crippen LogP contribution in [0.25, 0.3) is 38.1 Å². The number of aromatic nitrogens is 2. The molecule has 0 unspecified atom stereocenters. The summed E-state index contributed by atoms with van der Waals surface area (Å²) in [5.41, 5.74) is 3.60. The van der Waals surface area contributed by atoms with Crippen molar-refractivity contribution in [1.29, 1.82) is 0 Å².